The summed E-state index contributed by atoms with van der Waals surface area (Å²) >= 11 is 0. The highest BCUT2D eigenvalue weighted by atomic mass is 19.4. The second kappa shape index (κ2) is 7.65. The number of nitrogens with zero attached hydrogens (tertiary/aromatic N) is 3. The molecule has 0 aliphatic heterocycles. The largest absolute Gasteiger partial charge is 0.444 e. The Morgan fingerprint density at radius 1 is 1.03 bits per heavy atom. The summed E-state index contributed by atoms with van der Waals surface area (Å²) in [6.07, 6.45) is -6.26. The van der Waals surface area contributed by atoms with Crippen LogP contribution in [0.1, 0.15) is 41.3 Å². The van der Waals surface area contributed by atoms with E-state index in [0.29, 0.717) is 16.9 Å². The summed E-state index contributed by atoms with van der Waals surface area (Å²) in [5.41, 5.74) is -0.765. The maximum absolute atomic E-state index is 13.8. The zero-order valence-electron chi connectivity index (χ0n) is 17.3. The van der Waals surface area contributed by atoms with Crippen molar-refractivity contribution in [2.45, 2.75) is 37.7 Å². The minimum absolute atomic E-state index is 0.0168. The fourth-order valence-corrected chi connectivity index (χ4v) is 4.13. The smallest absolute Gasteiger partial charge is 0.416 e. The number of rotatable bonds is 4. The van der Waals surface area contributed by atoms with Crippen LogP contribution in [-0.2, 0) is 18.9 Å². The average Bonchev–Trinajstić information content (AvgIpc) is 3.41. The minimum atomic E-state index is -4.70. The Labute approximate surface area is 189 Å². The number of hydrogen-bond donors (Lipinski definition) is 0. The number of fused-ring (bicyclic) bond motifs is 1. The Balaban J connectivity index is 1.56. The molecule has 0 spiro atoms. The van der Waals surface area contributed by atoms with Crippen LogP contribution < -0.4 is 0 Å². The Morgan fingerprint density at radius 2 is 1.79 bits per heavy atom. The molecule has 2 aromatic heterocycles. The Hall–Kier alpha value is -3.74. The molecule has 0 N–H and O–H groups in total. The molecule has 1 aliphatic carbocycles. The van der Waals surface area contributed by atoms with Gasteiger partial charge in [-0.05, 0) is 49.1 Å². The molecule has 4 aromatic rings. The molecule has 174 valence electrons. The van der Waals surface area contributed by atoms with Gasteiger partial charge in [0.2, 0.25) is 5.89 Å². The van der Waals surface area contributed by atoms with Crippen molar-refractivity contribution in [3.8, 4) is 11.5 Å². The molecule has 4 nitrogen and oxygen atoms in total. The lowest BCUT2D eigenvalue weighted by molar-refractivity contribution is -0.137. The second-order valence-corrected chi connectivity index (χ2v) is 8.15. The zero-order valence-corrected chi connectivity index (χ0v) is 17.3. The summed E-state index contributed by atoms with van der Waals surface area (Å²) in [6.45, 7) is 7.22. The normalized spacial score (nSPS) is 14.5. The first-order chi connectivity index (χ1) is 16.1. The first-order valence-corrected chi connectivity index (χ1v) is 10.3. The Kier molecular flexibility index (Phi) is 4.97. The monoisotopic (exact) mass is 475 g/mol. The number of benzene rings is 2. The maximum Gasteiger partial charge on any atom is 0.416 e. The summed E-state index contributed by atoms with van der Waals surface area (Å²) in [7, 11) is 0. The lowest BCUT2D eigenvalue weighted by Gasteiger charge is -2.12. The number of hydrogen-bond acceptors (Lipinski definition) is 2. The molecule has 0 amide bonds. The van der Waals surface area contributed by atoms with Gasteiger partial charge in [0.1, 0.15) is 6.26 Å². The van der Waals surface area contributed by atoms with Crippen LogP contribution in [-0.4, -0.2) is 9.55 Å². The molecule has 34 heavy (non-hydrogen) atoms. The third-order valence-corrected chi connectivity index (χ3v) is 5.80. The molecule has 1 aliphatic rings. The molecule has 1 saturated carbocycles. The number of halogens is 6. The zero-order chi connectivity index (χ0) is 24.3. The van der Waals surface area contributed by atoms with Crippen molar-refractivity contribution < 1.29 is 30.8 Å². The predicted octanol–water partition coefficient (Wildman–Crippen LogP) is 7.81. The van der Waals surface area contributed by atoms with E-state index in [4.69, 9.17) is 11.0 Å². The molecule has 2 heterocycles. The van der Waals surface area contributed by atoms with E-state index in [-0.39, 0.29) is 29.3 Å². The van der Waals surface area contributed by atoms with Crippen molar-refractivity contribution in [1.82, 2.24) is 9.55 Å². The highest BCUT2D eigenvalue weighted by molar-refractivity contribution is 5.90. The highest BCUT2D eigenvalue weighted by Gasteiger charge is 2.38. The van der Waals surface area contributed by atoms with Crippen molar-refractivity contribution in [3.63, 3.8) is 0 Å². The van der Waals surface area contributed by atoms with Crippen molar-refractivity contribution in [1.29, 1.82) is 0 Å². The first kappa shape index (κ1) is 22.1. The van der Waals surface area contributed by atoms with Crippen molar-refractivity contribution in [2.24, 2.45) is 0 Å². The van der Waals surface area contributed by atoms with E-state index in [1.165, 1.54) is 30.5 Å². The van der Waals surface area contributed by atoms with Gasteiger partial charge >= 0.3 is 12.4 Å². The van der Waals surface area contributed by atoms with Gasteiger partial charge in [-0.25, -0.2) is 9.83 Å². The van der Waals surface area contributed by atoms with Crippen LogP contribution in [0.15, 0.2) is 53.1 Å². The van der Waals surface area contributed by atoms with E-state index >= 15 is 0 Å². The van der Waals surface area contributed by atoms with Gasteiger partial charge in [-0.15, -0.1) is 0 Å². The summed E-state index contributed by atoms with van der Waals surface area (Å²) in [6, 6.07) is 8.68. The van der Waals surface area contributed by atoms with Gasteiger partial charge < -0.3 is 8.98 Å². The fourth-order valence-electron chi connectivity index (χ4n) is 4.13. The summed E-state index contributed by atoms with van der Waals surface area (Å²) < 4.78 is 87.6. The van der Waals surface area contributed by atoms with E-state index in [1.54, 1.807) is 4.57 Å². The average molecular weight is 475 g/mol. The topological polar surface area (TPSA) is 35.3 Å². The maximum atomic E-state index is 13.8. The third-order valence-electron chi connectivity index (χ3n) is 5.80. The SMILES string of the molecule is [C-]#[N+]c1ccc2c(cc(C3CC3)n2Cc2coc(-c3cccc(C(F)(F)F)c3)n2)c1C(F)(F)F. The van der Waals surface area contributed by atoms with Gasteiger partial charge in [0.15, 0.2) is 5.69 Å². The van der Waals surface area contributed by atoms with Crippen molar-refractivity contribution in [3.05, 3.63) is 82.7 Å². The molecular weight excluding hydrogens is 460 g/mol. The van der Waals surface area contributed by atoms with Crippen LogP contribution in [0.2, 0.25) is 0 Å². The van der Waals surface area contributed by atoms with Gasteiger partial charge in [0.25, 0.3) is 0 Å². The van der Waals surface area contributed by atoms with Crippen LogP contribution in [0, 0.1) is 6.57 Å². The summed E-state index contributed by atoms with van der Waals surface area (Å²) in [5.74, 6) is 0.0801. The lowest BCUT2D eigenvalue weighted by Crippen LogP contribution is -2.07. The third kappa shape index (κ3) is 3.91. The molecule has 0 atom stereocenters. The molecule has 10 heteroatoms. The van der Waals surface area contributed by atoms with E-state index in [9.17, 15) is 26.3 Å². The van der Waals surface area contributed by atoms with Crippen molar-refractivity contribution in [2.75, 3.05) is 0 Å². The van der Waals surface area contributed by atoms with E-state index in [0.717, 1.165) is 31.0 Å². The summed E-state index contributed by atoms with van der Waals surface area (Å²) in [4.78, 5) is 7.33. The van der Waals surface area contributed by atoms with Crippen LogP contribution >= 0.6 is 0 Å². The van der Waals surface area contributed by atoms with E-state index in [2.05, 4.69) is 9.83 Å². The Morgan fingerprint density at radius 3 is 2.44 bits per heavy atom. The van der Waals surface area contributed by atoms with Crippen LogP contribution in [0.3, 0.4) is 0 Å². The van der Waals surface area contributed by atoms with Crippen LogP contribution in [0.5, 0.6) is 0 Å². The van der Waals surface area contributed by atoms with Crippen molar-refractivity contribution >= 4 is 16.6 Å². The number of oxazole rings is 1. The van der Waals surface area contributed by atoms with Gasteiger partial charge in [0.05, 0.1) is 29.9 Å². The van der Waals surface area contributed by atoms with Crippen LogP contribution in [0.4, 0.5) is 32.0 Å². The van der Waals surface area contributed by atoms with E-state index < -0.39 is 29.2 Å². The van der Waals surface area contributed by atoms with Gasteiger partial charge in [-0.3, -0.25) is 0 Å². The molecule has 0 radical (unpaired) electrons. The van der Waals surface area contributed by atoms with Gasteiger partial charge in [-0.2, -0.15) is 26.3 Å². The Bertz CT molecular complexity index is 1430. The number of alkyl halides is 6. The summed E-state index contributed by atoms with van der Waals surface area (Å²) in [5, 5.41) is -0.0514. The van der Waals surface area contributed by atoms with Gasteiger partial charge in [-0.1, -0.05) is 12.1 Å². The molecular formula is C24H15F6N3O. The fraction of sp³-hybridized carbons (Fsp3) is 0.250. The van der Waals surface area contributed by atoms with Gasteiger partial charge in [0, 0.05) is 22.2 Å². The molecule has 1 fully saturated rings. The van der Waals surface area contributed by atoms with E-state index in [1.807, 2.05) is 0 Å². The number of aromatic nitrogens is 2. The molecule has 5 rings (SSSR count). The minimum Gasteiger partial charge on any atom is -0.444 e. The molecule has 2 aromatic carbocycles. The first-order valence-electron chi connectivity index (χ1n) is 10.3. The quantitative estimate of drug-likeness (QED) is 0.223. The van der Waals surface area contributed by atoms with Crippen LogP contribution in [0.25, 0.3) is 27.2 Å². The molecule has 0 unspecified atom stereocenters. The molecule has 0 bridgehead atoms. The highest BCUT2D eigenvalue weighted by Crippen LogP contribution is 2.47. The lowest BCUT2D eigenvalue weighted by atomic mass is 10.1. The molecule has 0 saturated heterocycles. The predicted molar refractivity (Wildman–Crippen MR) is 111 cm³/mol. The second-order valence-electron chi connectivity index (χ2n) is 8.15. The standard InChI is InChI=1S/C24H15F6N3O/c1-31-18-7-8-19-17(21(18)24(28,29)30)10-20(13-5-6-13)33(19)11-16-12-34-22(32-16)14-3-2-4-15(9-14)23(25,26)27/h2-4,7-10,12-13H,5-6,11H2.